The van der Waals surface area contributed by atoms with Crippen molar-refractivity contribution in [1.29, 1.82) is 0 Å². The van der Waals surface area contributed by atoms with Crippen LogP contribution in [0.1, 0.15) is 17.3 Å². The number of amides is 1. The second-order valence-electron chi connectivity index (χ2n) is 3.65. The van der Waals surface area contributed by atoms with Gasteiger partial charge in [-0.1, -0.05) is 15.9 Å². The quantitative estimate of drug-likeness (QED) is 0.637. The van der Waals surface area contributed by atoms with Crippen LogP contribution in [0.25, 0.3) is 0 Å². The van der Waals surface area contributed by atoms with Crippen LogP contribution >= 0.6 is 38.5 Å². The van der Waals surface area contributed by atoms with Gasteiger partial charge in [0.2, 0.25) is 0 Å². The summed E-state index contributed by atoms with van der Waals surface area (Å²) in [4.78, 5) is 22.8. The Labute approximate surface area is 126 Å². The van der Waals surface area contributed by atoms with E-state index < -0.39 is 24.0 Å². The Morgan fingerprint density at radius 2 is 2.06 bits per heavy atom. The van der Waals surface area contributed by atoms with Crippen molar-refractivity contribution in [2.75, 3.05) is 0 Å². The molecule has 1 rings (SSSR count). The second-order valence-corrected chi connectivity index (χ2v) is 5.73. The van der Waals surface area contributed by atoms with Crippen LogP contribution in [0.4, 0.5) is 0 Å². The highest BCUT2D eigenvalue weighted by Gasteiger charge is 2.26. The number of aliphatic carboxylic acids is 1. The van der Waals surface area contributed by atoms with Gasteiger partial charge < -0.3 is 15.5 Å². The maximum Gasteiger partial charge on any atom is 0.328 e. The van der Waals surface area contributed by atoms with Crippen molar-refractivity contribution < 1.29 is 19.8 Å². The summed E-state index contributed by atoms with van der Waals surface area (Å²) >= 11 is 5.22. The zero-order valence-corrected chi connectivity index (χ0v) is 13.1. The Hall–Kier alpha value is -0.670. The Bertz CT molecular complexity index is 478. The van der Waals surface area contributed by atoms with Crippen LogP contribution in [0.3, 0.4) is 0 Å². The van der Waals surface area contributed by atoms with Gasteiger partial charge in [0, 0.05) is 8.04 Å². The number of benzene rings is 1. The molecule has 0 fully saturated rings. The molecule has 1 amide bonds. The molecule has 5 nitrogen and oxygen atoms in total. The molecule has 1 aromatic carbocycles. The number of carboxylic acid groups (broad SMARTS) is 1. The molecule has 2 atom stereocenters. The van der Waals surface area contributed by atoms with E-state index in [4.69, 9.17) is 5.11 Å². The number of halogens is 2. The van der Waals surface area contributed by atoms with Gasteiger partial charge in [0.25, 0.3) is 5.91 Å². The number of nitrogens with one attached hydrogen (secondary N) is 1. The topological polar surface area (TPSA) is 86.6 Å². The van der Waals surface area contributed by atoms with E-state index in [0.29, 0.717) is 9.13 Å². The molecule has 0 aliphatic rings. The van der Waals surface area contributed by atoms with Crippen LogP contribution in [0.2, 0.25) is 0 Å². The third kappa shape index (κ3) is 3.92. The third-order valence-corrected chi connectivity index (χ3v) is 3.64. The summed E-state index contributed by atoms with van der Waals surface area (Å²) in [5.74, 6) is -1.81. The third-order valence-electron chi connectivity index (χ3n) is 2.21. The molecule has 0 saturated heterocycles. The SMILES string of the molecule is CC(O)C(NC(=O)c1cc(Br)ccc1I)C(=O)O. The lowest BCUT2D eigenvalue weighted by molar-refractivity contribution is -0.141. The lowest BCUT2D eigenvalue weighted by Crippen LogP contribution is -2.47. The number of carbonyl (C=O) groups excluding carboxylic acids is 1. The van der Waals surface area contributed by atoms with Crippen LogP contribution in [0.5, 0.6) is 0 Å². The molecule has 0 bridgehead atoms. The molecule has 3 N–H and O–H groups in total. The molecule has 7 heteroatoms. The minimum atomic E-state index is -1.33. The number of aliphatic hydroxyl groups excluding tert-OH is 1. The van der Waals surface area contributed by atoms with Crippen molar-refractivity contribution in [3.05, 3.63) is 31.8 Å². The van der Waals surface area contributed by atoms with E-state index in [1.165, 1.54) is 6.92 Å². The van der Waals surface area contributed by atoms with E-state index in [9.17, 15) is 14.7 Å². The summed E-state index contributed by atoms with van der Waals surface area (Å²) in [6.45, 7) is 1.31. The van der Waals surface area contributed by atoms with Crippen molar-refractivity contribution in [2.24, 2.45) is 0 Å². The molecular formula is C11H11BrINO4. The number of carbonyl (C=O) groups is 2. The largest absolute Gasteiger partial charge is 0.480 e. The molecule has 0 saturated carbocycles. The first-order valence-electron chi connectivity index (χ1n) is 4.99. The van der Waals surface area contributed by atoms with Crippen molar-refractivity contribution >= 4 is 50.4 Å². The summed E-state index contributed by atoms with van der Waals surface area (Å²) in [7, 11) is 0. The summed E-state index contributed by atoms with van der Waals surface area (Å²) in [6.07, 6.45) is -1.17. The highest BCUT2D eigenvalue weighted by molar-refractivity contribution is 14.1. The van der Waals surface area contributed by atoms with Gasteiger partial charge in [0.05, 0.1) is 11.7 Å². The Morgan fingerprint density at radius 1 is 1.44 bits per heavy atom. The fourth-order valence-corrected chi connectivity index (χ4v) is 2.22. The minimum absolute atomic E-state index is 0.358. The standard InChI is InChI=1S/C11H11BrINO4/c1-5(15)9(11(17)18)14-10(16)7-4-6(12)2-3-8(7)13/h2-5,9,15H,1H3,(H,14,16)(H,17,18). The number of aliphatic hydroxyl groups is 1. The van der Waals surface area contributed by atoms with Crippen LogP contribution in [0.15, 0.2) is 22.7 Å². The molecule has 98 valence electrons. The van der Waals surface area contributed by atoms with E-state index in [1.807, 2.05) is 22.6 Å². The highest BCUT2D eigenvalue weighted by Crippen LogP contribution is 2.18. The van der Waals surface area contributed by atoms with Gasteiger partial charge in [-0.25, -0.2) is 4.79 Å². The number of rotatable bonds is 4. The van der Waals surface area contributed by atoms with Gasteiger partial charge in [-0.15, -0.1) is 0 Å². The summed E-state index contributed by atoms with van der Waals surface area (Å²) < 4.78 is 1.42. The predicted octanol–water partition coefficient (Wildman–Crippen LogP) is 1.62. The van der Waals surface area contributed by atoms with Crippen LogP contribution in [0, 0.1) is 3.57 Å². The number of carboxylic acids is 1. The highest BCUT2D eigenvalue weighted by atomic mass is 127. The van der Waals surface area contributed by atoms with E-state index in [0.717, 1.165) is 4.47 Å². The zero-order chi connectivity index (χ0) is 13.9. The van der Waals surface area contributed by atoms with Gasteiger partial charge in [-0.05, 0) is 47.7 Å². The fraction of sp³-hybridized carbons (Fsp3) is 0.273. The monoisotopic (exact) mass is 427 g/mol. The molecular weight excluding hydrogens is 417 g/mol. The van der Waals surface area contributed by atoms with Gasteiger partial charge in [-0.2, -0.15) is 0 Å². The first-order valence-corrected chi connectivity index (χ1v) is 6.87. The van der Waals surface area contributed by atoms with Gasteiger partial charge in [-0.3, -0.25) is 4.79 Å². The average molecular weight is 428 g/mol. The molecule has 0 spiro atoms. The van der Waals surface area contributed by atoms with E-state index in [2.05, 4.69) is 21.2 Å². The Kier molecular flexibility index (Phi) is 5.54. The first-order chi connectivity index (χ1) is 8.32. The average Bonchev–Trinajstić information content (AvgIpc) is 2.28. The van der Waals surface area contributed by atoms with Crippen molar-refractivity contribution in [3.8, 4) is 0 Å². The summed E-state index contributed by atoms with van der Waals surface area (Å²) in [6, 6.07) is 3.78. The van der Waals surface area contributed by atoms with Crippen LogP contribution < -0.4 is 5.32 Å². The Morgan fingerprint density at radius 3 is 2.56 bits per heavy atom. The fourth-order valence-electron chi connectivity index (χ4n) is 1.28. The van der Waals surface area contributed by atoms with Gasteiger partial charge in [0.15, 0.2) is 6.04 Å². The van der Waals surface area contributed by atoms with Gasteiger partial charge in [0.1, 0.15) is 0 Å². The molecule has 0 heterocycles. The van der Waals surface area contributed by atoms with Crippen molar-refractivity contribution in [1.82, 2.24) is 5.32 Å². The maximum absolute atomic E-state index is 11.9. The molecule has 1 aromatic rings. The molecule has 0 radical (unpaired) electrons. The van der Waals surface area contributed by atoms with Crippen molar-refractivity contribution in [3.63, 3.8) is 0 Å². The molecule has 0 aliphatic carbocycles. The van der Waals surface area contributed by atoms with Crippen molar-refractivity contribution in [2.45, 2.75) is 19.1 Å². The van der Waals surface area contributed by atoms with E-state index in [1.54, 1.807) is 18.2 Å². The summed E-state index contributed by atoms with van der Waals surface area (Å²) in [5.41, 5.74) is 0.358. The van der Waals surface area contributed by atoms with Crippen LogP contribution in [-0.4, -0.2) is 34.2 Å². The first kappa shape index (κ1) is 15.4. The van der Waals surface area contributed by atoms with Gasteiger partial charge >= 0.3 is 5.97 Å². The summed E-state index contributed by atoms with van der Waals surface area (Å²) in [5, 5.41) is 20.5. The number of hydrogen-bond acceptors (Lipinski definition) is 3. The molecule has 0 aromatic heterocycles. The lowest BCUT2D eigenvalue weighted by Gasteiger charge is -2.17. The maximum atomic E-state index is 11.9. The Balaban J connectivity index is 2.94. The smallest absolute Gasteiger partial charge is 0.328 e. The second kappa shape index (κ2) is 6.48. The minimum Gasteiger partial charge on any atom is -0.480 e. The van der Waals surface area contributed by atoms with E-state index >= 15 is 0 Å². The molecule has 0 aliphatic heterocycles. The molecule has 18 heavy (non-hydrogen) atoms. The normalized spacial score (nSPS) is 13.8. The predicted molar refractivity (Wildman–Crippen MR) is 77.4 cm³/mol. The lowest BCUT2D eigenvalue weighted by atomic mass is 10.1. The van der Waals surface area contributed by atoms with Crippen LogP contribution in [-0.2, 0) is 4.79 Å². The van der Waals surface area contributed by atoms with E-state index in [-0.39, 0.29) is 0 Å². The zero-order valence-electron chi connectivity index (χ0n) is 9.35. The molecule has 2 unspecified atom stereocenters. The number of hydrogen-bond donors (Lipinski definition) is 3.